The number of carbonyl (C=O) groups excluding carboxylic acids is 1. The number of rotatable bonds is 7. The minimum atomic E-state index is 0.118. The molecule has 0 aliphatic carbocycles. The average Bonchev–Trinajstić information content (AvgIpc) is 2.40. The van der Waals surface area contributed by atoms with Gasteiger partial charge in [-0.2, -0.15) is 0 Å². The molecule has 0 unspecified atom stereocenters. The van der Waals surface area contributed by atoms with Crippen LogP contribution in [0.1, 0.15) is 19.4 Å². The number of hydrogen-bond donors (Lipinski definition) is 1. The smallest absolute Gasteiger partial charge is 0.242 e. The Morgan fingerprint density at radius 3 is 2.45 bits per heavy atom. The molecule has 0 radical (unpaired) electrons. The third kappa shape index (κ3) is 4.39. The topological polar surface area (TPSA) is 35.6 Å². The Morgan fingerprint density at radius 1 is 1.30 bits per heavy atom. The first-order valence-electron chi connectivity index (χ1n) is 6.95. The van der Waals surface area contributed by atoms with Crippen LogP contribution >= 0.6 is 11.6 Å². The summed E-state index contributed by atoms with van der Waals surface area (Å²) in [5.41, 5.74) is 2.01. The fourth-order valence-corrected chi connectivity index (χ4v) is 2.49. The third-order valence-corrected chi connectivity index (χ3v) is 3.60. The molecule has 1 N–H and O–H groups in total. The molecule has 5 heteroatoms. The molecular formula is C15H24ClN3O. The summed E-state index contributed by atoms with van der Waals surface area (Å²) in [6.45, 7) is 6.56. The molecule has 0 fully saturated rings. The molecule has 4 nitrogen and oxygen atoms in total. The highest BCUT2D eigenvalue weighted by molar-refractivity contribution is 6.33. The van der Waals surface area contributed by atoms with E-state index in [0.717, 1.165) is 30.9 Å². The first kappa shape index (κ1) is 16.8. The van der Waals surface area contributed by atoms with Crippen molar-refractivity contribution in [3.05, 3.63) is 28.8 Å². The summed E-state index contributed by atoms with van der Waals surface area (Å²) >= 11 is 6.30. The highest BCUT2D eigenvalue weighted by Crippen LogP contribution is 2.26. The quantitative estimate of drug-likeness (QED) is 0.839. The summed E-state index contributed by atoms with van der Waals surface area (Å²) in [6, 6.07) is 5.92. The summed E-state index contributed by atoms with van der Waals surface area (Å²) in [5, 5.41) is 3.76. The second-order valence-corrected chi connectivity index (χ2v) is 5.15. The molecule has 0 saturated carbocycles. The molecule has 1 rings (SSSR count). The maximum atomic E-state index is 12.1. The van der Waals surface area contributed by atoms with Crippen molar-refractivity contribution in [1.82, 2.24) is 10.2 Å². The molecule has 1 amide bonds. The summed E-state index contributed by atoms with van der Waals surface area (Å²) < 4.78 is 0. The van der Waals surface area contributed by atoms with Crippen molar-refractivity contribution < 1.29 is 4.79 Å². The van der Waals surface area contributed by atoms with Gasteiger partial charge in [-0.25, -0.2) is 0 Å². The third-order valence-electron chi connectivity index (χ3n) is 3.29. The van der Waals surface area contributed by atoms with Crippen LogP contribution < -0.4 is 10.2 Å². The lowest BCUT2D eigenvalue weighted by Crippen LogP contribution is -2.38. The Labute approximate surface area is 126 Å². The lowest BCUT2D eigenvalue weighted by molar-refractivity contribution is -0.129. The van der Waals surface area contributed by atoms with Crippen LogP contribution in [0.15, 0.2) is 18.2 Å². The maximum Gasteiger partial charge on any atom is 0.242 e. The molecular weight excluding hydrogens is 274 g/mol. The highest BCUT2D eigenvalue weighted by atomic mass is 35.5. The fraction of sp³-hybridized carbons (Fsp3) is 0.533. The van der Waals surface area contributed by atoms with Gasteiger partial charge >= 0.3 is 0 Å². The molecule has 0 bridgehead atoms. The monoisotopic (exact) mass is 297 g/mol. The van der Waals surface area contributed by atoms with Gasteiger partial charge in [0, 0.05) is 26.7 Å². The summed E-state index contributed by atoms with van der Waals surface area (Å²) in [6.07, 6.45) is 0. The largest absolute Gasteiger partial charge is 0.364 e. The summed E-state index contributed by atoms with van der Waals surface area (Å²) in [4.78, 5) is 15.8. The molecule has 20 heavy (non-hydrogen) atoms. The Hall–Kier alpha value is -1.26. The Balaban J connectivity index is 2.77. The van der Waals surface area contributed by atoms with Crippen molar-refractivity contribution >= 4 is 23.2 Å². The molecule has 0 atom stereocenters. The van der Waals surface area contributed by atoms with Crippen LogP contribution in [0.4, 0.5) is 5.69 Å². The average molecular weight is 298 g/mol. The van der Waals surface area contributed by atoms with E-state index in [1.54, 1.807) is 0 Å². The van der Waals surface area contributed by atoms with Gasteiger partial charge < -0.3 is 15.1 Å². The van der Waals surface area contributed by atoms with Crippen molar-refractivity contribution in [2.45, 2.75) is 20.4 Å². The van der Waals surface area contributed by atoms with E-state index in [1.807, 2.05) is 55.9 Å². The Bertz CT molecular complexity index is 447. The minimum Gasteiger partial charge on any atom is -0.364 e. The molecule has 0 aromatic heterocycles. The van der Waals surface area contributed by atoms with Crippen LogP contribution in [0.5, 0.6) is 0 Å². The van der Waals surface area contributed by atoms with E-state index >= 15 is 0 Å². The van der Waals surface area contributed by atoms with Gasteiger partial charge in [-0.05, 0) is 38.6 Å². The first-order valence-corrected chi connectivity index (χ1v) is 7.33. The van der Waals surface area contributed by atoms with Crippen molar-refractivity contribution in [3.63, 3.8) is 0 Å². The van der Waals surface area contributed by atoms with Gasteiger partial charge in [0.2, 0.25) is 5.91 Å². The number of benzene rings is 1. The zero-order valence-corrected chi connectivity index (χ0v) is 13.5. The second-order valence-electron chi connectivity index (χ2n) is 4.74. The molecule has 0 spiro atoms. The number of carbonyl (C=O) groups is 1. The first-order chi connectivity index (χ1) is 9.53. The van der Waals surface area contributed by atoms with Gasteiger partial charge in [0.1, 0.15) is 0 Å². The predicted molar refractivity (Wildman–Crippen MR) is 85.4 cm³/mol. The standard InChI is InChI=1S/C15H24ClN3O/c1-5-19(6-2)15(20)11-18(4)14-8-7-12(10-17-3)9-13(14)16/h7-9,17H,5-6,10-11H2,1-4H3. The fourth-order valence-electron chi connectivity index (χ4n) is 2.14. The van der Waals surface area contributed by atoms with Crippen LogP contribution in [0.2, 0.25) is 5.02 Å². The number of anilines is 1. The molecule has 0 aliphatic heterocycles. The van der Waals surface area contributed by atoms with Crippen molar-refractivity contribution in [1.29, 1.82) is 0 Å². The summed E-state index contributed by atoms with van der Waals surface area (Å²) in [7, 11) is 3.79. The van der Waals surface area contributed by atoms with E-state index in [0.29, 0.717) is 11.6 Å². The van der Waals surface area contributed by atoms with Gasteiger partial charge in [-0.3, -0.25) is 4.79 Å². The SMILES string of the molecule is CCN(CC)C(=O)CN(C)c1ccc(CNC)cc1Cl. The van der Waals surface area contributed by atoms with Crippen molar-refractivity contribution in [2.75, 3.05) is 38.6 Å². The van der Waals surface area contributed by atoms with E-state index in [4.69, 9.17) is 11.6 Å². The maximum absolute atomic E-state index is 12.1. The molecule has 0 heterocycles. The molecule has 112 valence electrons. The van der Waals surface area contributed by atoms with E-state index in [9.17, 15) is 4.79 Å². The highest BCUT2D eigenvalue weighted by Gasteiger charge is 2.14. The zero-order chi connectivity index (χ0) is 15.1. The summed E-state index contributed by atoms with van der Waals surface area (Å²) in [5.74, 6) is 0.118. The second kappa shape index (κ2) is 8.12. The van der Waals surface area contributed by atoms with Gasteiger partial charge in [0.05, 0.1) is 17.3 Å². The van der Waals surface area contributed by atoms with Gasteiger partial charge in [-0.15, -0.1) is 0 Å². The van der Waals surface area contributed by atoms with Crippen LogP contribution in [-0.4, -0.2) is 44.5 Å². The normalized spacial score (nSPS) is 10.4. The van der Waals surface area contributed by atoms with Crippen LogP contribution in [0.25, 0.3) is 0 Å². The van der Waals surface area contributed by atoms with Crippen LogP contribution in [0, 0.1) is 0 Å². The van der Waals surface area contributed by atoms with Crippen molar-refractivity contribution in [2.24, 2.45) is 0 Å². The van der Waals surface area contributed by atoms with Crippen LogP contribution in [0.3, 0.4) is 0 Å². The van der Waals surface area contributed by atoms with E-state index in [1.165, 1.54) is 0 Å². The Morgan fingerprint density at radius 2 is 1.95 bits per heavy atom. The lowest BCUT2D eigenvalue weighted by atomic mass is 10.2. The predicted octanol–water partition coefficient (Wildman–Crippen LogP) is 2.36. The van der Waals surface area contributed by atoms with Gasteiger partial charge in [0.25, 0.3) is 0 Å². The molecule has 1 aromatic carbocycles. The number of likely N-dealkylation sites (N-methyl/N-ethyl adjacent to an activating group) is 2. The minimum absolute atomic E-state index is 0.118. The molecule has 0 aliphatic rings. The number of hydrogen-bond acceptors (Lipinski definition) is 3. The van der Waals surface area contributed by atoms with E-state index in [-0.39, 0.29) is 5.91 Å². The van der Waals surface area contributed by atoms with Gasteiger partial charge in [-0.1, -0.05) is 17.7 Å². The zero-order valence-electron chi connectivity index (χ0n) is 12.7. The van der Waals surface area contributed by atoms with E-state index in [2.05, 4.69) is 5.32 Å². The Kier molecular flexibility index (Phi) is 6.82. The number of halogens is 1. The molecule has 0 saturated heterocycles. The number of amides is 1. The number of nitrogens with one attached hydrogen (secondary N) is 1. The number of nitrogens with zero attached hydrogens (tertiary/aromatic N) is 2. The lowest BCUT2D eigenvalue weighted by Gasteiger charge is -2.25. The van der Waals surface area contributed by atoms with Crippen molar-refractivity contribution in [3.8, 4) is 0 Å². The molecule has 1 aromatic rings. The van der Waals surface area contributed by atoms with E-state index < -0.39 is 0 Å². The van der Waals surface area contributed by atoms with Gasteiger partial charge in [0.15, 0.2) is 0 Å². The van der Waals surface area contributed by atoms with Crippen LogP contribution in [-0.2, 0) is 11.3 Å².